The Balaban J connectivity index is 1.91. The quantitative estimate of drug-likeness (QED) is 0.244. The van der Waals surface area contributed by atoms with Crippen LogP contribution in [0.2, 0.25) is 10.0 Å². The molecule has 27 heavy (non-hydrogen) atoms. The molecule has 0 amide bonds. The fraction of sp³-hybridized carbons (Fsp3) is 0.176. The average Bonchev–Trinajstić information content (AvgIpc) is 2.62. The predicted molar refractivity (Wildman–Crippen MR) is 101 cm³/mol. The van der Waals surface area contributed by atoms with Gasteiger partial charge in [0.1, 0.15) is 11.6 Å². The number of benzene rings is 2. The van der Waals surface area contributed by atoms with E-state index < -0.39 is 17.0 Å². The smallest absolute Gasteiger partial charge is 0.374 e. The van der Waals surface area contributed by atoms with E-state index >= 15 is 0 Å². The summed E-state index contributed by atoms with van der Waals surface area (Å²) in [6.07, 6.45) is -0.830. The van der Waals surface area contributed by atoms with Gasteiger partial charge in [-0.3, -0.25) is 10.1 Å². The molecular formula is C17H15Cl2N3O5. The molecule has 8 nitrogen and oxygen atoms in total. The first-order valence-corrected chi connectivity index (χ1v) is 8.40. The minimum Gasteiger partial charge on any atom is -0.477 e. The molecule has 10 heteroatoms. The average molecular weight is 412 g/mol. The first-order chi connectivity index (χ1) is 12.8. The zero-order valence-electron chi connectivity index (χ0n) is 14.1. The molecule has 2 aromatic rings. The van der Waals surface area contributed by atoms with Crippen LogP contribution in [0.5, 0.6) is 5.75 Å². The number of carbonyl (C=O) groups is 1. The third-order valence-corrected chi connectivity index (χ3v) is 3.85. The van der Waals surface area contributed by atoms with Crippen molar-refractivity contribution in [3.05, 3.63) is 68.2 Å². The Hall–Kier alpha value is -2.84. The van der Waals surface area contributed by atoms with E-state index in [-0.39, 0.29) is 28.7 Å². The standard InChI is InChI=1S/C17H15Cl2N3O5/c1-10(26-15-7-4-12(18)9-14(15)19)17(23)27-21-16(20)8-11-2-5-13(6-3-11)22(24)25/h2-7,9-10H,8H2,1H3,(H2,20,21)/t10-/m0/s1. The van der Waals surface area contributed by atoms with Crippen molar-refractivity contribution in [2.45, 2.75) is 19.4 Å². The molecule has 2 aromatic carbocycles. The molecule has 0 aliphatic heterocycles. The van der Waals surface area contributed by atoms with E-state index in [1.807, 2.05) is 0 Å². The van der Waals surface area contributed by atoms with Crippen LogP contribution in [0.4, 0.5) is 5.69 Å². The maximum absolute atomic E-state index is 11.9. The van der Waals surface area contributed by atoms with E-state index in [1.165, 1.54) is 43.3 Å². The molecule has 0 heterocycles. The van der Waals surface area contributed by atoms with Crippen LogP contribution in [0.3, 0.4) is 0 Å². The van der Waals surface area contributed by atoms with E-state index in [2.05, 4.69) is 5.16 Å². The van der Waals surface area contributed by atoms with E-state index in [4.69, 9.17) is 38.5 Å². The van der Waals surface area contributed by atoms with Crippen LogP contribution in [0.1, 0.15) is 12.5 Å². The Kier molecular flexibility index (Phi) is 6.98. The predicted octanol–water partition coefficient (Wildman–Crippen LogP) is 3.73. The lowest BCUT2D eigenvalue weighted by Crippen LogP contribution is -2.26. The van der Waals surface area contributed by atoms with Crippen molar-refractivity contribution in [1.29, 1.82) is 0 Å². The first-order valence-electron chi connectivity index (χ1n) is 7.64. The van der Waals surface area contributed by atoms with Gasteiger partial charge in [0.2, 0.25) is 0 Å². The maximum atomic E-state index is 11.9. The van der Waals surface area contributed by atoms with Crippen LogP contribution in [-0.4, -0.2) is 22.8 Å². The number of nitrogens with zero attached hydrogens (tertiary/aromatic N) is 2. The fourth-order valence-corrected chi connectivity index (χ4v) is 2.42. The number of oxime groups is 1. The molecule has 142 valence electrons. The molecule has 0 aromatic heterocycles. The lowest BCUT2D eigenvalue weighted by molar-refractivity contribution is -0.384. The van der Waals surface area contributed by atoms with Gasteiger partial charge in [0.25, 0.3) is 5.69 Å². The minimum absolute atomic E-state index is 0.0222. The van der Waals surface area contributed by atoms with Crippen molar-refractivity contribution in [3.8, 4) is 5.75 Å². The van der Waals surface area contributed by atoms with Crippen LogP contribution in [0, 0.1) is 10.1 Å². The van der Waals surface area contributed by atoms with Gasteiger partial charge < -0.3 is 15.3 Å². The Bertz CT molecular complexity index is 871. The van der Waals surface area contributed by atoms with Crippen LogP contribution >= 0.6 is 23.2 Å². The molecule has 0 bridgehead atoms. The minimum atomic E-state index is -0.986. The van der Waals surface area contributed by atoms with Crippen LogP contribution in [0.25, 0.3) is 0 Å². The molecule has 2 N–H and O–H groups in total. The Morgan fingerprint density at radius 3 is 2.52 bits per heavy atom. The summed E-state index contributed by atoms with van der Waals surface area (Å²) >= 11 is 11.8. The van der Waals surface area contributed by atoms with E-state index in [1.54, 1.807) is 6.07 Å². The van der Waals surface area contributed by atoms with Gasteiger partial charge in [-0.2, -0.15) is 0 Å². The summed E-state index contributed by atoms with van der Waals surface area (Å²) in [5.41, 5.74) is 6.35. The zero-order valence-corrected chi connectivity index (χ0v) is 15.6. The SMILES string of the molecule is C[C@H](Oc1ccc(Cl)cc1Cl)C(=O)O/N=C(/N)Cc1ccc([N+](=O)[O-])cc1. The third kappa shape index (κ3) is 6.12. The highest BCUT2D eigenvalue weighted by atomic mass is 35.5. The number of ether oxygens (including phenoxy) is 1. The van der Waals surface area contributed by atoms with Crippen molar-refractivity contribution in [2.24, 2.45) is 10.9 Å². The Morgan fingerprint density at radius 2 is 1.93 bits per heavy atom. The van der Waals surface area contributed by atoms with Gasteiger partial charge in [0.05, 0.1) is 9.95 Å². The molecule has 0 aliphatic carbocycles. The van der Waals surface area contributed by atoms with Crippen molar-refractivity contribution in [2.75, 3.05) is 0 Å². The Labute approximate surface area is 164 Å². The number of nitro benzene ring substituents is 1. The van der Waals surface area contributed by atoms with E-state index in [0.717, 1.165) is 0 Å². The second-order valence-corrected chi connectivity index (χ2v) is 6.27. The highest BCUT2D eigenvalue weighted by Crippen LogP contribution is 2.28. The van der Waals surface area contributed by atoms with Gasteiger partial charge in [-0.1, -0.05) is 40.5 Å². The molecule has 0 unspecified atom stereocenters. The number of rotatable bonds is 7. The monoisotopic (exact) mass is 411 g/mol. The molecular weight excluding hydrogens is 397 g/mol. The van der Waals surface area contributed by atoms with Gasteiger partial charge in [-0.05, 0) is 30.7 Å². The van der Waals surface area contributed by atoms with E-state index in [0.29, 0.717) is 10.6 Å². The second kappa shape index (κ2) is 9.20. The summed E-state index contributed by atoms with van der Waals surface area (Å²) in [5.74, 6) is -0.477. The normalized spacial score (nSPS) is 12.3. The Morgan fingerprint density at radius 1 is 1.26 bits per heavy atom. The number of nitro groups is 1. The molecule has 0 saturated heterocycles. The molecule has 0 saturated carbocycles. The summed E-state index contributed by atoms with van der Waals surface area (Å²) in [6, 6.07) is 10.4. The van der Waals surface area contributed by atoms with Crippen LogP contribution in [-0.2, 0) is 16.1 Å². The summed E-state index contributed by atoms with van der Waals surface area (Å²) in [7, 11) is 0. The van der Waals surface area contributed by atoms with Gasteiger partial charge in [-0.15, -0.1) is 0 Å². The summed E-state index contributed by atoms with van der Waals surface area (Å²) < 4.78 is 5.41. The van der Waals surface area contributed by atoms with Gasteiger partial charge in [-0.25, -0.2) is 4.79 Å². The van der Waals surface area contributed by atoms with Gasteiger partial charge in [0, 0.05) is 23.6 Å². The molecule has 0 aliphatic rings. The fourth-order valence-electron chi connectivity index (χ4n) is 1.96. The highest BCUT2D eigenvalue weighted by Gasteiger charge is 2.18. The van der Waals surface area contributed by atoms with Gasteiger partial charge >= 0.3 is 5.97 Å². The molecule has 1 atom stereocenters. The largest absolute Gasteiger partial charge is 0.477 e. The lowest BCUT2D eigenvalue weighted by Gasteiger charge is -2.13. The number of amidine groups is 1. The topological polar surface area (TPSA) is 117 Å². The van der Waals surface area contributed by atoms with Gasteiger partial charge in [0.15, 0.2) is 6.10 Å². The number of hydrogen-bond donors (Lipinski definition) is 1. The lowest BCUT2D eigenvalue weighted by atomic mass is 10.1. The first kappa shape index (κ1) is 20.5. The van der Waals surface area contributed by atoms with Crippen molar-refractivity contribution in [1.82, 2.24) is 0 Å². The molecule has 0 spiro atoms. The summed E-state index contributed by atoms with van der Waals surface area (Å²) in [6.45, 7) is 1.47. The number of carbonyl (C=O) groups excluding carboxylic acids is 1. The maximum Gasteiger partial charge on any atom is 0.374 e. The molecule has 0 radical (unpaired) electrons. The van der Waals surface area contributed by atoms with Crippen molar-refractivity contribution in [3.63, 3.8) is 0 Å². The number of nitrogens with two attached hydrogens (primary N) is 1. The summed E-state index contributed by atoms with van der Waals surface area (Å²) in [5, 5.41) is 14.9. The van der Waals surface area contributed by atoms with E-state index in [9.17, 15) is 14.9 Å². The highest BCUT2D eigenvalue weighted by molar-refractivity contribution is 6.35. The summed E-state index contributed by atoms with van der Waals surface area (Å²) in [4.78, 5) is 26.8. The third-order valence-electron chi connectivity index (χ3n) is 3.31. The van der Waals surface area contributed by atoms with Crippen molar-refractivity contribution < 1.29 is 19.3 Å². The number of non-ortho nitro benzene ring substituents is 1. The molecule has 0 fully saturated rings. The van der Waals surface area contributed by atoms with Crippen LogP contribution < -0.4 is 10.5 Å². The van der Waals surface area contributed by atoms with Crippen molar-refractivity contribution >= 4 is 40.7 Å². The zero-order chi connectivity index (χ0) is 20.0. The number of hydrogen-bond acceptors (Lipinski definition) is 6. The van der Waals surface area contributed by atoms with Crippen LogP contribution in [0.15, 0.2) is 47.6 Å². The number of halogens is 2. The molecule has 2 rings (SSSR count). The second-order valence-electron chi connectivity index (χ2n) is 5.43.